The van der Waals surface area contributed by atoms with Gasteiger partial charge in [-0.05, 0) is 38.5 Å². The van der Waals surface area contributed by atoms with Crippen molar-refractivity contribution in [3.63, 3.8) is 0 Å². The largest absolute Gasteiger partial charge is 0.481 e. The fourth-order valence-corrected chi connectivity index (χ4v) is 5.73. The van der Waals surface area contributed by atoms with Crippen LogP contribution in [0.1, 0.15) is 69.9 Å². The maximum atomic E-state index is 11.7. The number of rotatable bonds is 12. The van der Waals surface area contributed by atoms with E-state index in [-0.39, 0.29) is 25.9 Å². The number of benzene rings is 2. The minimum atomic E-state index is -0.947. The zero-order valence-electron chi connectivity index (χ0n) is 22.9. The lowest BCUT2D eigenvalue weighted by Crippen LogP contribution is -2.37. The number of fused-ring (bicyclic) bond motifs is 2. The number of carbonyl (C=O) groups is 2. The maximum absolute atomic E-state index is 11.7. The Balaban J connectivity index is 1.94. The molecule has 2 aliphatic rings. The second-order valence-electron chi connectivity index (χ2n) is 10.5. The highest BCUT2D eigenvalue weighted by molar-refractivity contribution is 6.11. The summed E-state index contributed by atoms with van der Waals surface area (Å²) in [7, 11) is 0. The molecule has 1 atom stereocenters. The number of hydrogen-bond acceptors (Lipinski definition) is 5. The lowest BCUT2D eigenvalue weighted by atomic mass is 9.73. The van der Waals surface area contributed by atoms with Crippen molar-refractivity contribution in [3.8, 4) is 11.8 Å². The predicted octanol–water partition coefficient (Wildman–Crippen LogP) is 5.91. The molecule has 2 heterocycles. The average molecular weight is 531 g/mol. The van der Waals surface area contributed by atoms with Crippen molar-refractivity contribution in [2.24, 2.45) is 0 Å². The number of carboxylic acids is 2. The van der Waals surface area contributed by atoms with Gasteiger partial charge in [0.05, 0.1) is 17.5 Å². The normalized spacial score (nSPS) is 18.9. The third kappa shape index (κ3) is 5.53. The minimum absolute atomic E-state index is 0.0966. The molecule has 39 heavy (non-hydrogen) atoms. The van der Waals surface area contributed by atoms with Crippen molar-refractivity contribution in [2.75, 3.05) is 18.0 Å². The molecule has 0 saturated carbocycles. The number of anilines is 1. The second-order valence-corrected chi connectivity index (χ2v) is 10.5. The molecular formula is C31H36N3O5+. The molecule has 2 aliphatic heterocycles. The van der Waals surface area contributed by atoms with E-state index in [9.17, 15) is 25.1 Å². The van der Waals surface area contributed by atoms with E-state index in [0.29, 0.717) is 28.6 Å². The van der Waals surface area contributed by atoms with Gasteiger partial charge >= 0.3 is 11.9 Å². The van der Waals surface area contributed by atoms with Gasteiger partial charge in [-0.15, -0.1) is 0 Å². The average Bonchev–Trinajstić information content (AvgIpc) is 3.38. The molecule has 4 rings (SSSR count). The summed E-state index contributed by atoms with van der Waals surface area (Å²) in [6.45, 7) is 6.67. The van der Waals surface area contributed by atoms with Crippen molar-refractivity contribution < 1.29 is 29.1 Å². The Morgan fingerprint density at radius 2 is 1.82 bits per heavy atom. The van der Waals surface area contributed by atoms with Crippen molar-refractivity contribution >= 4 is 29.0 Å². The molecule has 0 fully saturated rings. The molecule has 2 aromatic carbocycles. The summed E-state index contributed by atoms with van der Waals surface area (Å²) in [6, 6.07) is 15.9. The third-order valence-electron chi connectivity index (χ3n) is 7.63. The van der Waals surface area contributed by atoms with Crippen LogP contribution in [0, 0.1) is 18.3 Å². The number of carboxylic acid groups (broad SMARTS) is 2. The summed E-state index contributed by atoms with van der Waals surface area (Å²) in [4.78, 5) is 24.9. The van der Waals surface area contributed by atoms with Crippen molar-refractivity contribution in [1.82, 2.24) is 0 Å². The molecule has 0 bridgehead atoms. The molecule has 1 unspecified atom stereocenters. The zero-order valence-corrected chi connectivity index (χ0v) is 22.9. The predicted molar refractivity (Wildman–Crippen MR) is 149 cm³/mol. The van der Waals surface area contributed by atoms with E-state index in [2.05, 4.69) is 26.0 Å². The number of nitriles is 1. The molecule has 0 spiro atoms. The van der Waals surface area contributed by atoms with Gasteiger partial charge in [0.1, 0.15) is 12.5 Å². The molecular weight excluding hydrogens is 494 g/mol. The van der Waals surface area contributed by atoms with E-state index in [0.717, 1.165) is 48.9 Å². The van der Waals surface area contributed by atoms with Crippen molar-refractivity contribution in [2.45, 2.75) is 71.1 Å². The fraction of sp³-hybridized carbons (Fsp3) is 0.419. The van der Waals surface area contributed by atoms with Crippen LogP contribution < -0.4 is 9.64 Å². The van der Waals surface area contributed by atoms with Crippen LogP contribution in [-0.2, 0) is 15.0 Å². The lowest BCUT2D eigenvalue weighted by molar-refractivity contribution is -0.437. The van der Waals surface area contributed by atoms with E-state index in [1.165, 1.54) is 0 Å². The number of aliphatic carboxylic acids is 2. The van der Waals surface area contributed by atoms with Gasteiger partial charge in [-0.25, -0.2) is 0 Å². The van der Waals surface area contributed by atoms with Gasteiger partial charge in [0.15, 0.2) is 17.9 Å². The van der Waals surface area contributed by atoms with Crippen LogP contribution in [-0.4, -0.2) is 45.5 Å². The smallest absolute Gasteiger partial charge is 0.309 e. The Hall–Kier alpha value is -4.12. The van der Waals surface area contributed by atoms with Crippen LogP contribution in [0.2, 0.25) is 0 Å². The molecule has 8 nitrogen and oxygen atoms in total. The number of allylic oxidation sites excluding steroid dienone is 1. The molecule has 0 aliphatic carbocycles. The Bertz CT molecular complexity index is 1390. The van der Waals surface area contributed by atoms with E-state index in [4.69, 9.17) is 4.74 Å². The summed E-state index contributed by atoms with van der Waals surface area (Å²) in [5.41, 5.74) is 4.21. The molecule has 2 N–H and O–H groups in total. The minimum Gasteiger partial charge on any atom is -0.481 e. The van der Waals surface area contributed by atoms with Gasteiger partial charge in [-0.2, -0.15) is 9.84 Å². The Morgan fingerprint density at radius 3 is 2.51 bits per heavy atom. The van der Waals surface area contributed by atoms with Crippen LogP contribution in [0.15, 0.2) is 53.9 Å². The number of aryl methyl sites for hydroxylation is 1. The van der Waals surface area contributed by atoms with E-state index >= 15 is 0 Å². The Kier molecular flexibility index (Phi) is 8.39. The first-order valence-electron chi connectivity index (χ1n) is 13.6. The second kappa shape index (κ2) is 11.7. The van der Waals surface area contributed by atoms with E-state index in [1.807, 2.05) is 41.8 Å². The lowest BCUT2D eigenvalue weighted by Gasteiger charge is -2.25. The summed E-state index contributed by atoms with van der Waals surface area (Å²) in [5, 5.41) is 29.7. The number of ether oxygens (including phenoxy) is 1. The summed E-state index contributed by atoms with van der Waals surface area (Å²) < 4.78 is 8.24. The van der Waals surface area contributed by atoms with Crippen LogP contribution in [0.4, 0.5) is 11.4 Å². The summed E-state index contributed by atoms with van der Waals surface area (Å²) in [6.07, 6.45) is 4.77. The van der Waals surface area contributed by atoms with Gasteiger partial charge < -0.3 is 19.8 Å². The monoisotopic (exact) mass is 530 g/mol. The zero-order chi connectivity index (χ0) is 28.2. The van der Waals surface area contributed by atoms with Crippen LogP contribution in [0.25, 0.3) is 0 Å². The first-order valence-corrected chi connectivity index (χ1v) is 13.6. The van der Waals surface area contributed by atoms with Gasteiger partial charge in [0.2, 0.25) is 17.3 Å². The molecule has 0 aromatic heterocycles. The van der Waals surface area contributed by atoms with Gasteiger partial charge in [0, 0.05) is 18.2 Å². The van der Waals surface area contributed by atoms with Crippen molar-refractivity contribution in [1.29, 1.82) is 5.26 Å². The first kappa shape index (κ1) is 27.9. The highest BCUT2D eigenvalue weighted by Gasteiger charge is 2.52. The highest BCUT2D eigenvalue weighted by Crippen LogP contribution is 2.48. The molecule has 0 saturated heterocycles. The number of nitrogens with zero attached hydrogens (tertiary/aromatic N) is 3. The fourth-order valence-electron chi connectivity index (χ4n) is 5.73. The first-order chi connectivity index (χ1) is 18.7. The molecule has 0 amide bonds. The van der Waals surface area contributed by atoms with Gasteiger partial charge in [-0.1, -0.05) is 56.4 Å². The maximum Gasteiger partial charge on any atom is 0.309 e. The molecule has 8 heteroatoms. The van der Waals surface area contributed by atoms with Crippen molar-refractivity contribution in [3.05, 3.63) is 65.0 Å². The summed E-state index contributed by atoms with van der Waals surface area (Å²) >= 11 is 0. The quantitative estimate of drug-likeness (QED) is 0.199. The third-order valence-corrected chi connectivity index (χ3v) is 7.63. The standard InChI is InChI=1S/C31H35N3O5/c1-4-5-6-9-16-31(3)23-19-21(2)12-13-24(23)33(17-14-27(35)36)29(31)22(20-32)30-34(18-15-28(37)38)25-10-7-8-11-26(25)39-30/h7-8,10-13,19H,4-6,9,14-18H2,1-3H3,(H-,35,36,37,38)/p+1. The van der Waals surface area contributed by atoms with Gasteiger partial charge in [0.25, 0.3) is 0 Å². The molecule has 0 radical (unpaired) electrons. The Labute approximate surface area is 229 Å². The topological polar surface area (TPSA) is 114 Å². The highest BCUT2D eigenvalue weighted by atomic mass is 16.5. The van der Waals surface area contributed by atoms with E-state index in [1.54, 1.807) is 11.0 Å². The van der Waals surface area contributed by atoms with E-state index < -0.39 is 17.4 Å². The summed E-state index contributed by atoms with van der Waals surface area (Å²) in [5.74, 6) is -1.02. The van der Waals surface area contributed by atoms with Crippen LogP contribution >= 0.6 is 0 Å². The Morgan fingerprint density at radius 1 is 1.08 bits per heavy atom. The van der Waals surface area contributed by atoms with Crippen LogP contribution in [0.5, 0.6) is 5.75 Å². The van der Waals surface area contributed by atoms with Crippen LogP contribution in [0.3, 0.4) is 0 Å². The SMILES string of the molecule is CCCCCCC1(C)C(/C(C#N)=C2\Oc3ccccc3N2CCC(=O)O)=[N+](CCC(=O)O)c2ccc(C)cc21. The molecule has 204 valence electrons. The number of para-hydroxylation sites is 2. The number of unbranched alkanes of at least 4 members (excludes halogenated alkanes) is 3. The number of hydrogen-bond donors (Lipinski definition) is 2. The molecule has 2 aromatic rings. The van der Waals surface area contributed by atoms with Gasteiger partial charge in [-0.3, -0.25) is 9.59 Å².